The summed E-state index contributed by atoms with van der Waals surface area (Å²) in [7, 11) is 2.49. The molecule has 9 saturated carbocycles. The molecule has 0 spiro atoms. The van der Waals surface area contributed by atoms with Crippen LogP contribution in [-0.2, 0) is 23.8 Å². The van der Waals surface area contributed by atoms with Crippen LogP contribution in [0, 0.1) is 94.2 Å². The number of methoxy groups -OCH3 is 1. The van der Waals surface area contributed by atoms with Crippen molar-refractivity contribution in [2.24, 2.45) is 94.2 Å². The normalized spacial score (nSPS) is 50.1. The summed E-state index contributed by atoms with van der Waals surface area (Å²) in [4.78, 5) is 25.3. The Balaban J connectivity index is 0.000000156. The molecule has 0 aromatic carbocycles. The van der Waals surface area contributed by atoms with Crippen LogP contribution in [0.2, 0.25) is 0 Å². The summed E-state index contributed by atoms with van der Waals surface area (Å²) in [5.41, 5.74) is -0.693. The number of carbonyl (C=O) groups is 2. The van der Waals surface area contributed by atoms with Crippen molar-refractivity contribution in [3.8, 4) is 0 Å². The zero-order chi connectivity index (χ0) is 33.4. The highest BCUT2D eigenvalue weighted by Crippen LogP contribution is 2.73. The topological polar surface area (TPSA) is 123 Å². The Kier molecular flexibility index (Phi) is 9.58. The lowest BCUT2D eigenvalue weighted by Crippen LogP contribution is -2.39. The zero-order valence-corrected chi connectivity index (χ0v) is 29.5. The highest BCUT2D eigenvalue weighted by molar-refractivity contribution is 5.78. The van der Waals surface area contributed by atoms with Crippen molar-refractivity contribution >= 4 is 11.9 Å². The molecule has 0 aliphatic heterocycles. The van der Waals surface area contributed by atoms with Crippen molar-refractivity contribution in [3.05, 3.63) is 0 Å². The van der Waals surface area contributed by atoms with E-state index < -0.39 is 17.6 Å². The fraction of sp³-hybridized carbons (Fsp3) is 0.949. The van der Waals surface area contributed by atoms with Gasteiger partial charge in [0.05, 0.1) is 23.5 Å². The number of aliphatic hydroxyl groups is 3. The minimum atomic E-state index is -0.693. The number of rotatable bonds is 8. The molecular weight excluding hydrogens is 596 g/mol. The summed E-state index contributed by atoms with van der Waals surface area (Å²) in [5, 5.41) is 27.2. The molecule has 19 atom stereocenters. The number of hydrogen-bond acceptors (Lipinski definition) is 8. The van der Waals surface area contributed by atoms with E-state index >= 15 is 0 Å². The fourth-order valence-electron chi connectivity index (χ4n) is 14.6. The molecule has 8 nitrogen and oxygen atoms in total. The molecule has 0 saturated heterocycles. The summed E-state index contributed by atoms with van der Waals surface area (Å²) in [6, 6.07) is 0. The van der Waals surface area contributed by atoms with Gasteiger partial charge in [-0.3, -0.25) is 9.59 Å². The number of carbonyl (C=O) groups excluding carboxylic acids is 2. The van der Waals surface area contributed by atoms with E-state index in [1.807, 2.05) is 20.8 Å². The molecule has 47 heavy (non-hydrogen) atoms. The van der Waals surface area contributed by atoms with Gasteiger partial charge in [0.25, 0.3) is 0 Å². The molecule has 0 heterocycles. The Morgan fingerprint density at radius 3 is 1.94 bits per heavy atom. The van der Waals surface area contributed by atoms with Gasteiger partial charge < -0.3 is 29.5 Å². The third kappa shape index (κ3) is 5.44. The maximum atomic E-state index is 12.9. The second-order valence-corrected chi connectivity index (χ2v) is 17.8. The first-order valence-corrected chi connectivity index (χ1v) is 19.3. The third-order valence-electron chi connectivity index (χ3n) is 16.1. The number of aliphatic hydroxyl groups excluding tert-OH is 3. The summed E-state index contributed by atoms with van der Waals surface area (Å²) >= 11 is 0. The Hall–Kier alpha value is -1.22. The van der Waals surface area contributed by atoms with E-state index in [2.05, 4.69) is 0 Å². The van der Waals surface area contributed by atoms with Crippen LogP contribution in [0.25, 0.3) is 0 Å². The number of ether oxygens (including phenoxy) is 3. The van der Waals surface area contributed by atoms with Gasteiger partial charge in [-0.05, 0) is 167 Å². The molecule has 0 aromatic rings. The third-order valence-corrected chi connectivity index (χ3v) is 16.1. The molecule has 9 aliphatic rings. The van der Waals surface area contributed by atoms with E-state index in [1.54, 1.807) is 0 Å². The van der Waals surface area contributed by atoms with Crippen LogP contribution < -0.4 is 0 Å². The Morgan fingerprint density at radius 1 is 0.745 bits per heavy atom. The molecule has 0 radical (unpaired) electrons. The van der Waals surface area contributed by atoms with E-state index in [-0.39, 0.29) is 30.8 Å². The SMILES string of the molecule is CCC(C)(CC(C)C(=O)OC1CC2CC1C1C3CCC(C3)C21)C(=O)OCOC.CO.OC1CC2C3CC(C2C1O)C1C2CCC(C2)C31. The Morgan fingerprint density at radius 2 is 1.32 bits per heavy atom. The maximum absolute atomic E-state index is 12.9. The summed E-state index contributed by atoms with van der Waals surface area (Å²) in [5.74, 6) is 11.0. The highest BCUT2D eigenvalue weighted by Gasteiger charge is 2.69. The van der Waals surface area contributed by atoms with Gasteiger partial charge in [0.1, 0.15) is 6.10 Å². The second-order valence-electron chi connectivity index (χ2n) is 17.8. The largest absolute Gasteiger partial charge is 0.462 e. The van der Waals surface area contributed by atoms with Crippen molar-refractivity contribution in [1.29, 1.82) is 0 Å². The van der Waals surface area contributed by atoms with Crippen molar-refractivity contribution in [1.82, 2.24) is 0 Å². The summed E-state index contributed by atoms with van der Waals surface area (Å²) in [6.45, 7) is 5.65. The van der Waals surface area contributed by atoms with E-state index in [4.69, 9.17) is 19.3 Å². The standard InChI is InChI=1S/C23H36O5.C15H22O2.CH4O/c1-5-23(3,22(25)27-12-26-4)11-13(2)21(24)28-18-10-16-9-17(18)20-15-7-6-14(8-15)19(16)20;16-11-5-9-8-4-10(14(9)15(11)17)13-7-2-1-6(3-7)12(8)13;1-2/h13-20H,5-12H2,1-4H3;6-17H,1-5H2;2H,1H3. The summed E-state index contributed by atoms with van der Waals surface area (Å²) in [6.07, 6.45) is 13.7. The minimum Gasteiger partial charge on any atom is -0.462 e. The predicted molar refractivity (Wildman–Crippen MR) is 175 cm³/mol. The van der Waals surface area contributed by atoms with Gasteiger partial charge in [0.2, 0.25) is 0 Å². The van der Waals surface area contributed by atoms with Crippen LogP contribution in [0.3, 0.4) is 0 Å². The molecule has 9 rings (SSSR count). The van der Waals surface area contributed by atoms with Gasteiger partial charge in [-0.2, -0.15) is 0 Å². The molecule has 0 aromatic heterocycles. The molecule has 9 aliphatic carbocycles. The number of hydrogen-bond donors (Lipinski definition) is 3. The molecule has 8 heteroatoms. The van der Waals surface area contributed by atoms with E-state index in [1.165, 1.54) is 58.5 Å². The van der Waals surface area contributed by atoms with Gasteiger partial charge in [-0.1, -0.05) is 13.8 Å². The van der Waals surface area contributed by atoms with Crippen molar-refractivity contribution in [2.45, 2.75) is 116 Å². The van der Waals surface area contributed by atoms with Crippen LogP contribution >= 0.6 is 0 Å². The predicted octanol–water partition coefficient (Wildman–Crippen LogP) is 5.45. The van der Waals surface area contributed by atoms with Gasteiger partial charge in [-0.15, -0.1) is 0 Å². The summed E-state index contributed by atoms with van der Waals surface area (Å²) < 4.78 is 16.1. The first kappa shape index (κ1) is 34.2. The molecule has 0 amide bonds. The van der Waals surface area contributed by atoms with E-state index in [0.717, 1.165) is 85.0 Å². The van der Waals surface area contributed by atoms with E-state index in [0.29, 0.717) is 30.6 Å². The highest BCUT2D eigenvalue weighted by atomic mass is 16.7. The van der Waals surface area contributed by atoms with Crippen LogP contribution in [-0.4, -0.2) is 66.6 Å². The fourth-order valence-corrected chi connectivity index (χ4v) is 14.6. The average molecular weight is 659 g/mol. The first-order valence-electron chi connectivity index (χ1n) is 19.3. The van der Waals surface area contributed by atoms with Crippen molar-refractivity contribution < 1.29 is 39.1 Å². The Labute approximate surface area is 282 Å². The minimum absolute atomic E-state index is 0.0525. The first-order chi connectivity index (χ1) is 22.6. The van der Waals surface area contributed by atoms with Gasteiger partial charge in [0, 0.05) is 14.2 Å². The lowest BCUT2D eigenvalue weighted by atomic mass is 9.64. The van der Waals surface area contributed by atoms with Gasteiger partial charge in [0.15, 0.2) is 6.79 Å². The molecule has 3 N–H and O–H groups in total. The van der Waals surface area contributed by atoms with Crippen LogP contribution in [0.15, 0.2) is 0 Å². The molecule has 9 fully saturated rings. The molecule has 8 bridgehead atoms. The smallest absolute Gasteiger partial charge is 0.313 e. The molecular formula is C39H62O8. The van der Waals surface area contributed by atoms with Gasteiger partial charge >= 0.3 is 11.9 Å². The number of fused-ring (bicyclic) bond motifs is 21. The van der Waals surface area contributed by atoms with Gasteiger partial charge in [-0.25, -0.2) is 0 Å². The lowest BCUT2D eigenvalue weighted by molar-refractivity contribution is -0.169. The molecule has 266 valence electrons. The van der Waals surface area contributed by atoms with Crippen LogP contribution in [0.5, 0.6) is 0 Å². The van der Waals surface area contributed by atoms with Crippen LogP contribution in [0.4, 0.5) is 0 Å². The quantitative estimate of drug-likeness (QED) is 0.179. The lowest BCUT2D eigenvalue weighted by Gasteiger charge is -2.41. The molecule has 19 unspecified atom stereocenters. The Bertz CT molecular complexity index is 1160. The number of esters is 2. The van der Waals surface area contributed by atoms with Crippen molar-refractivity contribution in [2.75, 3.05) is 21.0 Å². The van der Waals surface area contributed by atoms with Crippen molar-refractivity contribution in [3.63, 3.8) is 0 Å². The zero-order valence-electron chi connectivity index (χ0n) is 29.5. The van der Waals surface area contributed by atoms with E-state index in [9.17, 15) is 19.8 Å². The van der Waals surface area contributed by atoms with Crippen LogP contribution in [0.1, 0.15) is 97.8 Å². The maximum Gasteiger partial charge on any atom is 0.313 e. The average Bonchev–Trinajstić information content (AvgIpc) is 3.93. The monoisotopic (exact) mass is 658 g/mol. The second kappa shape index (κ2) is 13.2.